The lowest BCUT2D eigenvalue weighted by Crippen LogP contribution is -2.10. The zero-order chi connectivity index (χ0) is 7.84. The molecule has 0 saturated carbocycles. The van der Waals surface area contributed by atoms with E-state index < -0.39 is 0 Å². The molecule has 0 bridgehead atoms. The summed E-state index contributed by atoms with van der Waals surface area (Å²) in [5.41, 5.74) is 6.82. The molecule has 0 aromatic heterocycles. The van der Waals surface area contributed by atoms with Gasteiger partial charge < -0.3 is 10.5 Å². The van der Waals surface area contributed by atoms with Crippen LogP contribution in [0, 0.1) is 0 Å². The van der Waals surface area contributed by atoms with Gasteiger partial charge in [0.2, 0.25) is 0 Å². The highest BCUT2D eigenvalue weighted by Gasteiger charge is 2.21. The normalized spacial score (nSPS) is 21.1. The number of nitrogens with two attached hydrogens (primary N) is 1. The van der Waals surface area contributed by atoms with Crippen LogP contribution in [0.15, 0.2) is 23.1 Å². The highest BCUT2D eigenvalue weighted by atomic mass is 32.1. The van der Waals surface area contributed by atoms with Crippen LogP contribution < -0.4 is 10.5 Å². The Kier molecular flexibility index (Phi) is 1.55. The first-order valence-electron chi connectivity index (χ1n) is 3.49. The van der Waals surface area contributed by atoms with Gasteiger partial charge in [0.15, 0.2) is 0 Å². The molecule has 11 heavy (non-hydrogen) atoms. The van der Waals surface area contributed by atoms with E-state index in [9.17, 15) is 0 Å². The Bertz CT molecular complexity index is 287. The first-order chi connectivity index (χ1) is 5.29. The van der Waals surface area contributed by atoms with Crippen LogP contribution in [-0.4, -0.2) is 6.61 Å². The molecule has 1 aromatic carbocycles. The molecule has 0 unspecified atom stereocenters. The van der Waals surface area contributed by atoms with Gasteiger partial charge in [-0.15, -0.1) is 12.6 Å². The molecule has 0 saturated heterocycles. The van der Waals surface area contributed by atoms with E-state index in [0.717, 1.165) is 16.2 Å². The molecule has 1 aliphatic heterocycles. The molecule has 0 fully saturated rings. The monoisotopic (exact) mass is 167 g/mol. The van der Waals surface area contributed by atoms with Gasteiger partial charge in [0, 0.05) is 10.5 Å². The second kappa shape index (κ2) is 2.43. The van der Waals surface area contributed by atoms with Crippen molar-refractivity contribution in [3.63, 3.8) is 0 Å². The lowest BCUT2D eigenvalue weighted by molar-refractivity contribution is 0.327. The molecule has 1 heterocycles. The number of benzene rings is 1. The quantitative estimate of drug-likeness (QED) is 0.572. The predicted molar refractivity (Wildman–Crippen MR) is 46.1 cm³/mol. The van der Waals surface area contributed by atoms with Crippen molar-refractivity contribution in [3.8, 4) is 5.75 Å². The molecule has 1 atom stereocenters. The smallest absolute Gasteiger partial charge is 0.137 e. The van der Waals surface area contributed by atoms with Crippen LogP contribution in [0.25, 0.3) is 0 Å². The zero-order valence-electron chi connectivity index (χ0n) is 5.95. The Morgan fingerprint density at radius 1 is 1.55 bits per heavy atom. The molecule has 0 spiro atoms. The Hall–Kier alpha value is -0.670. The van der Waals surface area contributed by atoms with Crippen molar-refractivity contribution in [2.75, 3.05) is 6.61 Å². The third kappa shape index (κ3) is 1.01. The molecule has 2 nitrogen and oxygen atoms in total. The Morgan fingerprint density at radius 3 is 3.09 bits per heavy atom. The maximum absolute atomic E-state index is 5.76. The topological polar surface area (TPSA) is 35.2 Å². The first-order valence-corrected chi connectivity index (χ1v) is 3.94. The van der Waals surface area contributed by atoms with E-state index in [1.54, 1.807) is 0 Å². The standard InChI is InChI=1S/C8H9NOS/c9-6-4-10-8-5(6)2-1-3-7(8)11/h1-3,6,11H,4,9H2/t6-/m0/s1. The second-order valence-corrected chi connectivity index (χ2v) is 3.09. The fourth-order valence-corrected chi connectivity index (χ4v) is 1.53. The summed E-state index contributed by atoms with van der Waals surface area (Å²) < 4.78 is 5.34. The van der Waals surface area contributed by atoms with Crippen molar-refractivity contribution in [1.82, 2.24) is 0 Å². The summed E-state index contributed by atoms with van der Waals surface area (Å²) in [5, 5.41) is 0. The lowest BCUT2D eigenvalue weighted by atomic mass is 10.1. The average Bonchev–Trinajstić information content (AvgIpc) is 2.35. The fraction of sp³-hybridized carbons (Fsp3) is 0.250. The summed E-state index contributed by atoms with van der Waals surface area (Å²) in [6, 6.07) is 5.85. The summed E-state index contributed by atoms with van der Waals surface area (Å²) in [7, 11) is 0. The highest BCUT2D eigenvalue weighted by molar-refractivity contribution is 7.80. The van der Waals surface area contributed by atoms with Gasteiger partial charge in [0.05, 0.1) is 6.04 Å². The minimum atomic E-state index is 0.0251. The molecular weight excluding hydrogens is 158 g/mol. The van der Waals surface area contributed by atoms with E-state index in [4.69, 9.17) is 10.5 Å². The van der Waals surface area contributed by atoms with E-state index in [2.05, 4.69) is 12.6 Å². The van der Waals surface area contributed by atoms with E-state index in [1.807, 2.05) is 18.2 Å². The van der Waals surface area contributed by atoms with Gasteiger partial charge in [0.1, 0.15) is 12.4 Å². The number of para-hydroxylation sites is 1. The van der Waals surface area contributed by atoms with Gasteiger partial charge in [-0.05, 0) is 6.07 Å². The van der Waals surface area contributed by atoms with Crippen LogP contribution in [0.3, 0.4) is 0 Å². The summed E-state index contributed by atoms with van der Waals surface area (Å²) in [5.74, 6) is 0.850. The van der Waals surface area contributed by atoms with Crippen LogP contribution in [0.1, 0.15) is 11.6 Å². The summed E-state index contributed by atoms with van der Waals surface area (Å²) in [6.07, 6.45) is 0. The molecule has 58 valence electrons. The third-order valence-corrected chi connectivity index (χ3v) is 2.18. The maximum atomic E-state index is 5.76. The largest absolute Gasteiger partial charge is 0.490 e. The number of thiol groups is 1. The highest BCUT2D eigenvalue weighted by Crippen LogP contribution is 2.35. The molecule has 3 heteroatoms. The number of ether oxygens (including phenoxy) is 1. The Balaban J connectivity index is 2.57. The van der Waals surface area contributed by atoms with Gasteiger partial charge in [-0.3, -0.25) is 0 Å². The van der Waals surface area contributed by atoms with Crippen LogP contribution in [0.4, 0.5) is 0 Å². The summed E-state index contributed by atoms with van der Waals surface area (Å²) in [4.78, 5) is 0.871. The van der Waals surface area contributed by atoms with Crippen molar-refractivity contribution in [2.45, 2.75) is 10.9 Å². The van der Waals surface area contributed by atoms with Gasteiger partial charge in [-0.1, -0.05) is 12.1 Å². The van der Waals surface area contributed by atoms with Gasteiger partial charge >= 0.3 is 0 Å². The molecular formula is C8H9NOS. The number of hydrogen-bond acceptors (Lipinski definition) is 3. The van der Waals surface area contributed by atoms with Crippen LogP contribution in [0.5, 0.6) is 5.75 Å². The van der Waals surface area contributed by atoms with Crippen molar-refractivity contribution in [2.24, 2.45) is 5.73 Å². The number of rotatable bonds is 0. The zero-order valence-corrected chi connectivity index (χ0v) is 6.84. The number of fused-ring (bicyclic) bond motifs is 1. The first kappa shape index (κ1) is 7.00. The second-order valence-electron chi connectivity index (χ2n) is 2.61. The van der Waals surface area contributed by atoms with Crippen LogP contribution in [0.2, 0.25) is 0 Å². The number of hydrogen-bond donors (Lipinski definition) is 2. The maximum Gasteiger partial charge on any atom is 0.137 e. The van der Waals surface area contributed by atoms with Crippen molar-refractivity contribution in [1.29, 1.82) is 0 Å². The molecule has 0 aliphatic carbocycles. The van der Waals surface area contributed by atoms with E-state index in [1.165, 1.54) is 0 Å². The average molecular weight is 167 g/mol. The van der Waals surface area contributed by atoms with Crippen molar-refractivity contribution in [3.05, 3.63) is 23.8 Å². The van der Waals surface area contributed by atoms with Gasteiger partial charge in [0.25, 0.3) is 0 Å². The van der Waals surface area contributed by atoms with Crippen LogP contribution in [-0.2, 0) is 0 Å². The van der Waals surface area contributed by atoms with Crippen LogP contribution >= 0.6 is 12.6 Å². The minimum Gasteiger partial charge on any atom is -0.490 e. The van der Waals surface area contributed by atoms with Gasteiger partial charge in [-0.25, -0.2) is 0 Å². The van der Waals surface area contributed by atoms with Gasteiger partial charge in [-0.2, -0.15) is 0 Å². The third-order valence-electron chi connectivity index (χ3n) is 1.83. The molecule has 0 amide bonds. The lowest BCUT2D eigenvalue weighted by Gasteiger charge is -2.00. The van der Waals surface area contributed by atoms with Crippen molar-refractivity contribution < 1.29 is 4.74 Å². The SMILES string of the molecule is N[C@H]1COc2c(S)cccc21. The fourth-order valence-electron chi connectivity index (χ4n) is 1.25. The Morgan fingerprint density at radius 2 is 2.36 bits per heavy atom. The van der Waals surface area contributed by atoms with E-state index >= 15 is 0 Å². The minimum absolute atomic E-state index is 0.0251. The molecule has 2 N–H and O–H groups in total. The predicted octanol–water partition coefficient (Wildman–Crippen LogP) is 1.37. The van der Waals surface area contributed by atoms with E-state index in [0.29, 0.717) is 6.61 Å². The Labute approximate surface area is 70.8 Å². The molecule has 0 radical (unpaired) electrons. The molecule has 2 rings (SSSR count). The summed E-state index contributed by atoms with van der Waals surface area (Å²) >= 11 is 4.25. The summed E-state index contributed by atoms with van der Waals surface area (Å²) in [6.45, 7) is 0.576. The van der Waals surface area contributed by atoms with Crippen molar-refractivity contribution >= 4 is 12.6 Å². The molecule has 1 aromatic rings. The molecule has 1 aliphatic rings. The van der Waals surface area contributed by atoms with E-state index in [-0.39, 0.29) is 6.04 Å².